The first kappa shape index (κ1) is 65.1. The lowest BCUT2D eigenvalue weighted by atomic mass is 9.80. The molecule has 0 saturated carbocycles. The van der Waals surface area contributed by atoms with Gasteiger partial charge in [-0.2, -0.15) is 10.2 Å². The molecule has 0 radical (unpaired) electrons. The number of nitriles is 1. The van der Waals surface area contributed by atoms with E-state index in [9.17, 15) is 29.3 Å². The molecule has 0 spiro atoms. The Labute approximate surface area is 526 Å². The molecule has 3 amide bonds. The van der Waals surface area contributed by atoms with Crippen LogP contribution in [0.1, 0.15) is 84.0 Å². The number of anilines is 2. The Bertz CT molecular complexity index is 3810. The van der Waals surface area contributed by atoms with Crippen LogP contribution in [0.25, 0.3) is 11.2 Å². The second-order valence-corrected chi connectivity index (χ2v) is 23.6. The summed E-state index contributed by atoms with van der Waals surface area (Å²) in [5.74, 6) is -3.61. The van der Waals surface area contributed by atoms with Crippen LogP contribution in [0.3, 0.4) is 0 Å². The van der Waals surface area contributed by atoms with Crippen molar-refractivity contribution in [2.24, 2.45) is 17.8 Å². The standard InChI is InChI=1S/C66H71FN11O12P/c1-40(2)78(41(3)4)91(83)88-36-44(34-68)55-51(89-64(58(55)86-7)76-32-31-53(74-65(76)82)73-61(80)42-17-11-8-12-18-42)35-69-54(79)33-50-52(90-63(56(50)67)77-39-72-57-59(70-38-71-60(57)77)75-62(81)43-19-13-9-14-20-43)37-87-66(45-21-15-10-16-22-45,46-23-27-48(84-5)28-24-46)47-25-29-49(85-6)30-26-47/h8-32,38-41,44,50-52,55-56,58,63-64,83H,33,35-37H2,1-7H3,(H,69,79)(H,70,71,75,81)(H,73,74,80,82)/t44?,50-,51+,52-,55-,56-,58-,63-,64-,91?/m1/s1. The minimum atomic E-state index is -2.19. The van der Waals surface area contributed by atoms with E-state index in [1.807, 2.05) is 107 Å². The monoisotopic (exact) mass is 1260 g/mol. The first-order chi connectivity index (χ1) is 44.1. The maximum Gasteiger partial charge on any atom is 0.351 e. The Morgan fingerprint density at radius 1 is 0.747 bits per heavy atom. The van der Waals surface area contributed by atoms with Crippen LogP contribution in [0.15, 0.2) is 169 Å². The number of amides is 3. The summed E-state index contributed by atoms with van der Waals surface area (Å²) in [5.41, 5.74) is 0.850. The van der Waals surface area contributed by atoms with Gasteiger partial charge in [0.1, 0.15) is 35.3 Å². The fourth-order valence-corrected chi connectivity index (χ4v) is 13.1. The number of carbonyl (C=O) groups excluding carboxylic acids is 3. The van der Waals surface area contributed by atoms with Crippen molar-refractivity contribution >= 4 is 49.0 Å². The van der Waals surface area contributed by atoms with Gasteiger partial charge in [0.05, 0.1) is 58.0 Å². The molecule has 0 aliphatic carbocycles. The molecule has 91 heavy (non-hydrogen) atoms. The molecule has 2 aliphatic heterocycles. The van der Waals surface area contributed by atoms with Gasteiger partial charge in [0, 0.05) is 61.3 Å². The third kappa shape index (κ3) is 14.2. The Morgan fingerprint density at radius 2 is 1.32 bits per heavy atom. The summed E-state index contributed by atoms with van der Waals surface area (Å²) in [6.45, 7) is 6.77. The number of methoxy groups -OCH3 is 3. The van der Waals surface area contributed by atoms with E-state index in [2.05, 4.69) is 42.0 Å². The highest BCUT2D eigenvalue weighted by Crippen LogP contribution is 2.47. The maximum absolute atomic E-state index is 18.1. The molecule has 2 saturated heterocycles. The van der Waals surface area contributed by atoms with Gasteiger partial charge in [-0.15, -0.1) is 0 Å². The highest BCUT2D eigenvalue weighted by atomic mass is 31.2. The van der Waals surface area contributed by atoms with E-state index in [1.54, 1.807) is 79.6 Å². The number of alkyl halides is 1. The number of nitrogens with one attached hydrogen (secondary N) is 3. The van der Waals surface area contributed by atoms with Crippen molar-refractivity contribution in [2.75, 3.05) is 51.7 Å². The van der Waals surface area contributed by atoms with Crippen LogP contribution in [-0.2, 0) is 33.9 Å². The number of hydrogen-bond acceptors (Lipinski definition) is 18. The summed E-state index contributed by atoms with van der Waals surface area (Å²) < 4.78 is 66.5. The fourth-order valence-electron chi connectivity index (χ4n) is 11.9. The van der Waals surface area contributed by atoms with E-state index in [0.29, 0.717) is 39.3 Å². The van der Waals surface area contributed by atoms with Crippen LogP contribution in [0.4, 0.5) is 16.0 Å². The van der Waals surface area contributed by atoms with Gasteiger partial charge in [-0.05, 0) is 99.0 Å². The average Bonchev–Trinajstić information content (AvgIpc) is 1.54. The molecule has 2 aliphatic rings. The van der Waals surface area contributed by atoms with E-state index in [0.717, 1.165) is 0 Å². The summed E-state index contributed by atoms with van der Waals surface area (Å²) >= 11 is 0. The highest BCUT2D eigenvalue weighted by Gasteiger charge is 2.52. The molecule has 5 aromatic carbocycles. The SMILES string of the molecule is COc1ccc(C(OC[C@H]2O[C@@H](n3cnc4c(NC(=O)c5ccccc5)ncnc43)[C@H](F)[C@@H]2CC(=O)NC[C@@H]2O[C@@H](n3ccc(NC(=O)c4ccccc4)nc3=O)[C@H](OC)[C@@H]2C(C#N)COP(O)N(C(C)C)C(C)C)(c2ccccc2)c2ccc(OC)cc2)cc1. The van der Waals surface area contributed by atoms with E-state index < -0.39 is 98.7 Å². The number of hydrogen-bond donors (Lipinski definition) is 4. The summed E-state index contributed by atoms with van der Waals surface area (Å²) in [5, 5.41) is 19.3. The quantitative estimate of drug-likeness (QED) is 0.0291. The molecule has 25 heteroatoms. The Hall–Kier alpha value is -8.89. The predicted octanol–water partition coefficient (Wildman–Crippen LogP) is 8.99. The van der Waals surface area contributed by atoms with Gasteiger partial charge in [0.2, 0.25) is 5.91 Å². The van der Waals surface area contributed by atoms with Gasteiger partial charge in [-0.1, -0.05) is 91.0 Å². The predicted molar refractivity (Wildman–Crippen MR) is 335 cm³/mol. The number of rotatable bonds is 26. The zero-order valence-corrected chi connectivity index (χ0v) is 52.0. The molecule has 8 aromatic rings. The summed E-state index contributed by atoms with van der Waals surface area (Å²) in [6.07, 6.45) is -4.48. The zero-order chi connectivity index (χ0) is 64.3. The van der Waals surface area contributed by atoms with Gasteiger partial charge in [0.25, 0.3) is 20.3 Å². The van der Waals surface area contributed by atoms with Crippen molar-refractivity contribution in [3.8, 4) is 17.6 Å². The largest absolute Gasteiger partial charge is 0.497 e. The minimum absolute atomic E-state index is 0.0336. The van der Waals surface area contributed by atoms with E-state index >= 15 is 4.39 Å². The van der Waals surface area contributed by atoms with Crippen molar-refractivity contribution in [3.63, 3.8) is 0 Å². The molecular weight excluding hydrogens is 1190 g/mol. The van der Waals surface area contributed by atoms with Crippen molar-refractivity contribution in [1.82, 2.24) is 39.1 Å². The van der Waals surface area contributed by atoms with Crippen molar-refractivity contribution in [2.45, 2.75) is 88.7 Å². The van der Waals surface area contributed by atoms with Gasteiger partial charge >= 0.3 is 5.69 Å². The molecule has 10 rings (SSSR count). The lowest BCUT2D eigenvalue weighted by molar-refractivity contribution is -0.124. The number of aromatic nitrogens is 6. The molecule has 5 heterocycles. The van der Waals surface area contributed by atoms with Crippen LogP contribution >= 0.6 is 8.53 Å². The zero-order valence-electron chi connectivity index (χ0n) is 51.1. The molecule has 3 aromatic heterocycles. The third-order valence-corrected chi connectivity index (χ3v) is 17.9. The molecule has 4 N–H and O–H groups in total. The van der Waals surface area contributed by atoms with Gasteiger partial charge < -0.3 is 53.8 Å². The molecule has 2 unspecified atom stereocenters. The van der Waals surface area contributed by atoms with Crippen LogP contribution in [0.2, 0.25) is 0 Å². The molecule has 2 fully saturated rings. The van der Waals surface area contributed by atoms with E-state index in [1.165, 1.54) is 41.2 Å². The first-order valence-corrected chi connectivity index (χ1v) is 30.8. The summed E-state index contributed by atoms with van der Waals surface area (Å²) in [4.78, 5) is 84.1. The topological polar surface area (TPSA) is 278 Å². The van der Waals surface area contributed by atoms with Crippen LogP contribution in [-0.4, -0.2) is 134 Å². The molecule has 474 valence electrons. The molecular formula is C66H71FN11O12P. The fraction of sp³-hybridized carbons (Fsp3) is 0.348. The average molecular weight is 1260 g/mol. The number of ether oxygens (including phenoxy) is 6. The highest BCUT2D eigenvalue weighted by molar-refractivity contribution is 7.43. The second-order valence-electron chi connectivity index (χ2n) is 22.4. The lowest BCUT2D eigenvalue weighted by Gasteiger charge is -2.37. The number of nitrogens with zero attached hydrogens (tertiary/aromatic N) is 8. The summed E-state index contributed by atoms with van der Waals surface area (Å²) in [6, 6.07) is 44.7. The minimum Gasteiger partial charge on any atom is -0.497 e. The number of fused-ring (bicyclic) bond motifs is 1. The van der Waals surface area contributed by atoms with Crippen molar-refractivity contribution in [3.05, 3.63) is 203 Å². The lowest BCUT2D eigenvalue weighted by Crippen LogP contribution is -2.43. The number of imidazole rings is 1. The number of carbonyl (C=O) groups is 3. The van der Waals surface area contributed by atoms with E-state index in [-0.39, 0.29) is 54.6 Å². The smallest absolute Gasteiger partial charge is 0.351 e. The Balaban J connectivity index is 0.975. The number of halogens is 1. The maximum atomic E-state index is 18.1. The van der Waals surface area contributed by atoms with Gasteiger partial charge in [-0.3, -0.25) is 23.5 Å². The summed E-state index contributed by atoms with van der Waals surface area (Å²) in [7, 11) is 2.33. The number of benzene rings is 5. The van der Waals surface area contributed by atoms with Crippen LogP contribution in [0.5, 0.6) is 11.5 Å². The normalized spacial score (nSPS) is 20.5. The van der Waals surface area contributed by atoms with Crippen LogP contribution in [0, 0.1) is 29.1 Å². The van der Waals surface area contributed by atoms with Crippen LogP contribution < -0.4 is 31.1 Å². The Morgan fingerprint density at radius 3 is 1.88 bits per heavy atom. The van der Waals surface area contributed by atoms with Gasteiger partial charge in [-0.25, -0.2) is 28.8 Å². The van der Waals surface area contributed by atoms with Crippen molar-refractivity contribution < 1.29 is 56.6 Å². The van der Waals surface area contributed by atoms with Gasteiger partial charge in [0.15, 0.2) is 35.6 Å². The van der Waals surface area contributed by atoms with Crippen molar-refractivity contribution in [1.29, 1.82) is 5.26 Å². The second kappa shape index (κ2) is 29.4. The third-order valence-electron chi connectivity index (χ3n) is 16.2. The molecule has 10 atom stereocenters. The first-order valence-electron chi connectivity index (χ1n) is 29.6. The van der Waals surface area contributed by atoms with E-state index in [4.69, 9.17) is 32.9 Å². The Kier molecular flexibility index (Phi) is 21.0. The molecule has 0 bridgehead atoms. The molecule has 23 nitrogen and oxygen atoms in total.